The average molecular weight is 661 g/mol. The van der Waals surface area contributed by atoms with E-state index in [0.29, 0.717) is 44.2 Å². The smallest absolute Gasteiger partial charge is 0.274 e. The predicted octanol–water partition coefficient (Wildman–Crippen LogP) is 1.86. The molecule has 13 nitrogen and oxygen atoms in total. The number of carbonyl (C=O) groups excluding carboxylic acids is 4. The Balaban J connectivity index is 1.33. The molecule has 0 aliphatic carbocycles. The second kappa shape index (κ2) is 16.1. The van der Waals surface area contributed by atoms with E-state index in [1.54, 1.807) is 37.4 Å². The fraction of sp³-hybridized carbons (Fsp3) is 0.486. The number of ether oxygens (including phenoxy) is 2. The molecule has 4 atom stereocenters. The van der Waals surface area contributed by atoms with E-state index in [1.807, 2.05) is 44.2 Å². The van der Waals surface area contributed by atoms with Gasteiger partial charge in [0.25, 0.3) is 5.91 Å². The summed E-state index contributed by atoms with van der Waals surface area (Å²) in [5.41, 5.74) is 0.478. The van der Waals surface area contributed by atoms with Crippen LogP contribution in [0.1, 0.15) is 54.7 Å². The predicted molar refractivity (Wildman–Crippen MR) is 175 cm³/mol. The summed E-state index contributed by atoms with van der Waals surface area (Å²) in [6.45, 7) is 9.16. The average Bonchev–Trinajstić information content (AvgIpc) is 3.66. The first-order chi connectivity index (χ1) is 23.1. The molecule has 2 fully saturated rings. The molecule has 2 aliphatic rings. The molecule has 256 valence electrons. The van der Waals surface area contributed by atoms with Crippen molar-refractivity contribution in [1.29, 1.82) is 0 Å². The van der Waals surface area contributed by atoms with Crippen molar-refractivity contribution in [3.05, 3.63) is 83.5 Å². The van der Waals surface area contributed by atoms with Crippen molar-refractivity contribution >= 4 is 23.5 Å². The molecule has 1 aromatic carbocycles. The van der Waals surface area contributed by atoms with E-state index in [0.717, 1.165) is 18.7 Å². The minimum Gasteiger partial charge on any atom is -0.379 e. The van der Waals surface area contributed by atoms with Crippen LogP contribution >= 0.6 is 0 Å². The summed E-state index contributed by atoms with van der Waals surface area (Å²) in [6, 6.07) is 13.2. The van der Waals surface area contributed by atoms with Crippen LogP contribution in [0.5, 0.6) is 0 Å². The molecule has 0 radical (unpaired) electrons. The lowest BCUT2D eigenvalue weighted by Gasteiger charge is -2.26. The molecular weight excluding hydrogens is 616 g/mol. The maximum Gasteiger partial charge on any atom is 0.274 e. The van der Waals surface area contributed by atoms with E-state index in [2.05, 4.69) is 31.0 Å². The second-order valence-electron chi connectivity index (χ2n) is 12.9. The molecule has 3 amide bonds. The van der Waals surface area contributed by atoms with Gasteiger partial charge in [0, 0.05) is 43.9 Å². The molecule has 13 heteroatoms. The molecule has 2 aromatic heterocycles. The van der Waals surface area contributed by atoms with Crippen LogP contribution in [0.4, 0.5) is 0 Å². The Kier molecular flexibility index (Phi) is 11.7. The van der Waals surface area contributed by atoms with Gasteiger partial charge in [0.2, 0.25) is 11.8 Å². The molecule has 48 heavy (non-hydrogen) atoms. The summed E-state index contributed by atoms with van der Waals surface area (Å²) in [7, 11) is 0. The zero-order valence-corrected chi connectivity index (χ0v) is 27.6. The molecule has 3 N–H and O–H groups in total. The normalized spacial score (nSPS) is 19.6. The zero-order chi connectivity index (χ0) is 34.1. The van der Waals surface area contributed by atoms with Crippen molar-refractivity contribution in [1.82, 2.24) is 31.0 Å². The van der Waals surface area contributed by atoms with Gasteiger partial charge in [0.1, 0.15) is 17.7 Å². The fourth-order valence-electron chi connectivity index (χ4n) is 5.57. The molecular formula is C35H44N6O7. The van der Waals surface area contributed by atoms with E-state index < -0.39 is 41.4 Å². The summed E-state index contributed by atoms with van der Waals surface area (Å²) >= 11 is 0. The van der Waals surface area contributed by atoms with Crippen molar-refractivity contribution in [2.45, 2.75) is 70.3 Å². The second-order valence-corrected chi connectivity index (χ2v) is 12.9. The summed E-state index contributed by atoms with van der Waals surface area (Å²) in [6.07, 6.45) is 2.23. The van der Waals surface area contributed by atoms with Crippen LogP contribution in [0.25, 0.3) is 0 Å². The highest BCUT2D eigenvalue weighted by atomic mass is 16.6. The van der Waals surface area contributed by atoms with Crippen molar-refractivity contribution in [2.75, 3.05) is 32.9 Å². The van der Waals surface area contributed by atoms with Crippen molar-refractivity contribution < 1.29 is 33.2 Å². The van der Waals surface area contributed by atoms with Gasteiger partial charge in [-0.25, -0.2) is 0 Å². The molecule has 2 aliphatic heterocycles. The first-order valence-corrected chi connectivity index (χ1v) is 16.4. The summed E-state index contributed by atoms with van der Waals surface area (Å²) in [5.74, 6) is -1.27. The SMILES string of the molecule is CC(C)CC(NC(=O)[C@H](Cc1ccccc1)NC(=O)C(Cc1ccccn1)NC(=O)c1cc(CN2CCOCC2)on1)C(=O)C1(C)CO1. The van der Waals surface area contributed by atoms with Crippen molar-refractivity contribution in [3.63, 3.8) is 0 Å². The van der Waals surface area contributed by atoms with E-state index in [9.17, 15) is 19.2 Å². The number of carbonyl (C=O) groups is 4. The number of epoxide rings is 1. The van der Waals surface area contributed by atoms with Gasteiger partial charge in [0.05, 0.1) is 32.4 Å². The molecule has 0 saturated carbocycles. The number of Topliss-reactive ketones (excluding diaryl/α,β-unsaturated/α-hetero) is 1. The van der Waals surface area contributed by atoms with Gasteiger partial charge in [-0.1, -0.05) is 55.4 Å². The number of nitrogens with zero attached hydrogens (tertiary/aromatic N) is 3. The number of morpholine rings is 1. The molecule has 3 unspecified atom stereocenters. The Hall–Kier alpha value is -4.46. The lowest BCUT2D eigenvalue weighted by Crippen LogP contribution is -2.57. The third-order valence-electron chi connectivity index (χ3n) is 8.39. The quantitative estimate of drug-likeness (QED) is 0.193. The molecule has 5 rings (SSSR count). The van der Waals surface area contributed by atoms with Crippen LogP contribution in [0, 0.1) is 5.92 Å². The Morgan fingerprint density at radius 2 is 1.56 bits per heavy atom. The van der Waals surface area contributed by atoms with Gasteiger partial charge < -0.3 is 29.9 Å². The monoisotopic (exact) mass is 660 g/mol. The number of benzene rings is 1. The Bertz CT molecular complexity index is 1540. The number of nitrogens with one attached hydrogen (secondary N) is 3. The minimum atomic E-state index is -1.11. The summed E-state index contributed by atoms with van der Waals surface area (Å²) in [4.78, 5) is 61.0. The highest BCUT2D eigenvalue weighted by molar-refractivity contribution is 5.99. The van der Waals surface area contributed by atoms with Gasteiger partial charge >= 0.3 is 0 Å². The Morgan fingerprint density at radius 1 is 0.896 bits per heavy atom. The van der Waals surface area contributed by atoms with Crippen molar-refractivity contribution in [2.24, 2.45) is 5.92 Å². The number of pyridine rings is 1. The van der Waals surface area contributed by atoms with Crippen LogP contribution < -0.4 is 16.0 Å². The summed E-state index contributed by atoms with van der Waals surface area (Å²) < 4.78 is 16.2. The molecule has 3 aromatic rings. The fourth-order valence-corrected chi connectivity index (χ4v) is 5.57. The summed E-state index contributed by atoms with van der Waals surface area (Å²) in [5, 5.41) is 12.5. The third kappa shape index (κ3) is 9.78. The van der Waals surface area contributed by atoms with Gasteiger partial charge in [0.15, 0.2) is 17.2 Å². The topological polar surface area (TPSA) is 168 Å². The number of ketones is 1. The first kappa shape index (κ1) is 34.9. The number of hydrogen-bond acceptors (Lipinski definition) is 10. The number of aromatic nitrogens is 2. The highest BCUT2D eigenvalue weighted by Gasteiger charge is 2.50. The maximum atomic E-state index is 14.0. The Labute approximate surface area is 280 Å². The number of rotatable bonds is 16. The van der Waals surface area contributed by atoms with Gasteiger partial charge in [-0.2, -0.15) is 0 Å². The highest BCUT2D eigenvalue weighted by Crippen LogP contribution is 2.29. The largest absolute Gasteiger partial charge is 0.379 e. The Morgan fingerprint density at radius 3 is 2.21 bits per heavy atom. The van der Waals surface area contributed by atoms with Crippen LogP contribution in [0.15, 0.2) is 65.3 Å². The third-order valence-corrected chi connectivity index (χ3v) is 8.39. The molecule has 0 spiro atoms. The van der Waals surface area contributed by atoms with Crippen LogP contribution in [-0.4, -0.2) is 95.2 Å². The van der Waals surface area contributed by atoms with Crippen LogP contribution in [-0.2, 0) is 43.2 Å². The van der Waals surface area contributed by atoms with E-state index in [1.165, 1.54) is 0 Å². The molecule has 4 heterocycles. The van der Waals surface area contributed by atoms with E-state index in [4.69, 9.17) is 14.0 Å². The lowest BCUT2D eigenvalue weighted by molar-refractivity contribution is -0.133. The van der Waals surface area contributed by atoms with Gasteiger partial charge in [-0.15, -0.1) is 0 Å². The lowest BCUT2D eigenvalue weighted by atomic mass is 9.93. The van der Waals surface area contributed by atoms with Gasteiger partial charge in [-0.3, -0.25) is 29.1 Å². The number of amides is 3. The standard InChI is InChI=1S/C35H44N6O7/c1-23(2)17-27(31(42)35(3)22-47-35)37-32(43)28(18-24-9-5-4-6-10-24)38-33(44)29(19-25-11-7-8-12-36-25)39-34(45)30-20-26(48-40-30)21-41-13-15-46-16-14-41/h4-12,20,23,27-29H,13-19,21-22H2,1-3H3,(H,37,43)(H,38,44)(H,39,45)/t27?,28-,29?,35?/m0/s1. The number of hydrogen-bond donors (Lipinski definition) is 3. The zero-order valence-electron chi connectivity index (χ0n) is 27.6. The van der Waals surface area contributed by atoms with Crippen LogP contribution in [0.2, 0.25) is 0 Å². The van der Waals surface area contributed by atoms with Gasteiger partial charge in [-0.05, 0) is 37.0 Å². The van der Waals surface area contributed by atoms with E-state index >= 15 is 0 Å². The molecule has 2 saturated heterocycles. The maximum absolute atomic E-state index is 14.0. The molecule has 0 bridgehead atoms. The minimum absolute atomic E-state index is 0.0292. The van der Waals surface area contributed by atoms with E-state index in [-0.39, 0.29) is 30.2 Å². The van der Waals surface area contributed by atoms with Crippen LogP contribution in [0.3, 0.4) is 0 Å². The van der Waals surface area contributed by atoms with Crippen molar-refractivity contribution in [3.8, 4) is 0 Å². The first-order valence-electron chi connectivity index (χ1n) is 16.4.